The fourth-order valence-electron chi connectivity index (χ4n) is 3.09. The molecule has 8 heteroatoms. The van der Waals surface area contributed by atoms with Crippen LogP contribution in [0.25, 0.3) is 0 Å². The average molecular weight is 347 g/mol. The van der Waals surface area contributed by atoms with E-state index in [0.717, 1.165) is 9.13 Å². The van der Waals surface area contributed by atoms with Crippen molar-refractivity contribution < 1.29 is 14.3 Å². The summed E-state index contributed by atoms with van der Waals surface area (Å²) in [5.74, 6) is -0.799. The number of benzene rings is 1. The highest BCUT2D eigenvalue weighted by Crippen LogP contribution is 2.32. The van der Waals surface area contributed by atoms with Crippen LogP contribution in [0.3, 0.4) is 0 Å². The molecule has 3 rings (SSSR count). The molecule has 25 heavy (non-hydrogen) atoms. The SMILES string of the molecule is Cn1c(=O)ccn(CC(=O)N2C[C@H](O)C[C@H]2c2cccc(F)c2)c1=O. The molecule has 0 saturated carbocycles. The second-order valence-electron chi connectivity index (χ2n) is 6.13. The van der Waals surface area contributed by atoms with E-state index in [9.17, 15) is 23.9 Å². The number of carbonyl (C=O) groups is 1. The van der Waals surface area contributed by atoms with Crippen molar-refractivity contribution in [2.75, 3.05) is 6.54 Å². The Morgan fingerprint density at radius 2 is 2.08 bits per heavy atom. The summed E-state index contributed by atoms with van der Waals surface area (Å²) in [6, 6.07) is 6.64. The zero-order valence-corrected chi connectivity index (χ0v) is 13.6. The minimum Gasteiger partial charge on any atom is -0.391 e. The molecular formula is C17H18FN3O4. The van der Waals surface area contributed by atoms with Gasteiger partial charge in [0.25, 0.3) is 5.56 Å². The number of β-amino-alcohol motifs (C(OH)–C–C–N with tert-alkyl or cyclic N) is 1. The zero-order chi connectivity index (χ0) is 18.1. The topological polar surface area (TPSA) is 84.5 Å². The van der Waals surface area contributed by atoms with Crippen molar-refractivity contribution in [3.05, 3.63) is 68.7 Å². The van der Waals surface area contributed by atoms with Crippen molar-refractivity contribution in [2.45, 2.75) is 25.1 Å². The predicted molar refractivity (Wildman–Crippen MR) is 87.4 cm³/mol. The molecule has 1 aromatic heterocycles. The number of hydrogen-bond acceptors (Lipinski definition) is 4. The third-order valence-electron chi connectivity index (χ3n) is 4.40. The number of carbonyl (C=O) groups excluding carboxylic acids is 1. The van der Waals surface area contributed by atoms with Crippen LogP contribution in [0.1, 0.15) is 18.0 Å². The molecule has 0 spiro atoms. The Morgan fingerprint density at radius 1 is 1.32 bits per heavy atom. The van der Waals surface area contributed by atoms with Gasteiger partial charge in [-0.05, 0) is 24.1 Å². The number of aliphatic hydroxyl groups is 1. The Bertz CT molecular complexity index is 921. The van der Waals surface area contributed by atoms with Gasteiger partial charge in [-0.1, -0.05) is 12.1 Å². The van der Waals surface area contributed by atoms with Gasteiger partial charge in [0.1, 0.15) is 12.4 Å². The van der Waals surface area contributed by atoms with E-state index in [2.05, 4.69) is 0 Å². The first-order valence-electron chi connectivity index (χ1n) is 7.86. The van der Waals surface area contributed by atoms with Gasteiger partial charge in [-0.15, -0.1) is 0 Å². The van der Waals surface area contributed by atoms with E-state index in [0.29, 0.717) is 12.0 Å². The molecule has 0 unspecified atom stereocenters. The van der Waals surface area contributed by atoms with Gasteiger partial charge in [0.2, 0.25) is 5.91 Å². The minimum absolute atomic E-state index is 0.112. The third-order valence-corrected chi connectivity index (χ3v) is 4.40. The number of hydrogen-bond donors (Lipinski definition) is 1. The first-order chi connectivity index (χ1) is 11.9. The van der Waals surface area contributed by atoms with Gasteiger partial charge >= 0.3 is 5.69 Å². The van der Waals surface area contributed by atoms with Crippen LogP contribution < -0.4 is 11.2 Å². The van der Waals surface area contributed by atoms with Gasteiger partial charge in [-0.2, -0.15) is 0 Å². The van der Waals surface area contributed by atoms with Gasteiger partial charge in [-0.3, -0.25) is 18.7 Å². The Kier molecular flexibility index (Phi) is 4.54. The van der Waals surface area contributed by atoms with E-state index in [1.54, 1.807) is 12.1 Å². The maximum Gasteiger partial charge on any atom is 0.331 e. The van der Waals surface area contributed by atoms with Crippen molar-refractivity contribution in [1.29, 1.82) is 0 Å². The summed E-state index contributed by atoms with van der Waals surface area (Å²) in [4.78, 5) is 37.6. The van der Waals surface area contributed by atoms with Crippen LogP contribution in [-0.2, 0) is 18.4 Å². The number of likely N-dealkylation sites (tertiary alicyclic amines) is 1. The normalized spacial score (nSPS) is 20.0. The molecule has 1 aromatic carbocycles. The number of amides is 1. The van der Waals surface area contributed by atoms with Crippen LogP contribution in [-0.4, -0.2) is 37.7 Å². The lowest BCUT2D eigenvalue weighted by atomic mass is 10.0. The van der Waals surface area contributed by atoms with Crippen molar-refractivity contribution in [3.8, 4) is 0 Å². The highest BCUT2D eigenvalue weighted by molar-refractivity contribution is 5.77. The fraction of sp³-hybridized carbons (Fsp3) is 0.353. The molecule has 1 amide bonds. The predicted octanol–water partition coefficient (Wildman–Crippen LogP) is 0.0206. The number of aliphatic hydroxyl groups excluding tert-OH is 1. The molecule has 1 aliphatic rings. The Balaban J connectivity index is 1.86. The second-order valence-corrected chi connectivity index (χ2v) is 6.13. The summed E-state index contributed by atoms with van der Waals surface area (Å²) < 4.78 is 15.5. The Morgan fingerprint density at radius 3 is 2.80 bits per heavy atom. The van der Waals surface area contributed by atoms with Gasteiger partial charge in [0.15, 0.2) is 0 Å². The van der Waals surface area contributed by atoms with Gasteiger partial charge in [-0.25, -0.2) is 9.18 Å². The molecule has 2 aromatic rings. The molecule has 1 aliphatic heterocycles. The summed E-state index contributed by atoms with van der Waals surface area (Å²) in [7, 11) is 1.33. The molecule has 2 atom stereocenters. The van der Waals surface area contributed by atoms with E-state index in [1.807, 2.05) is 0 Å². The van der Waals surface area contributed by atoms with Crippen LogP contribution in [0.15, 0.2) is 46.1 Å². The molecule has 0 radical (unpaired) electrons. The van der Waals surface area contributed by atoms with Gasteiger partial charge < -0.3 is 10.0 Å². The molecule has 0 bridgehead atoms. The molecule has 7 nitrogen and oxygen atoms in total. The molecule has 2 heterocycles. The van der Waals surface area contributed by atoms with Gasteiger partial charge in [0, 0.05) is 25.9 Å². The number of nitrogens with zero attached hydrogens (tertiary/aromatic N) is 3. The summed E-state index contributed by atoms with van der Waals surface area (Å²) in [5.41, 5.74) is -0.455. The Labute approximate surface area is 142 Å². The monoisotopic (exact) mass is 347 g/mol. The minimum atomic E-state index is -0.714. The maximum atomic E-state index is 13.5. The zero-order valence-electron chi connectivity index (χ0n) is 13.6. The first kappa shape index (κ1) is 17.1. The first-order valence-corrected chi connectivity index (χ1v) is 7.86. The largest absolute Gasteiger partial charge is 0.391 e. The van der Waals surface area contributed by atoms with E-state index < -0.39 is 29.2 Å². The standard InChI is InChI=1S/C17H18FN3O4/c1-19-15(23)5-6-20(17(19)25)10-16(24)21-9-13(22)8-14(21)11-3-2-4-12(18)7-11/h2-7,13-14,22H,8-10H2,1H3/t13-,14+/m1/s1. The smallest absolute Gasteiger partial charge is 0.331 e. The summed E-state index contributed by atoms with van der Waals surface area (Å²) in [6.07, 6.45) is 0.859. The van der Waals surface area contributed by atoms with Crippen molar-refractivity contribution in [1.82, 2.24) is 14.0 Å². The summed E-state index contributed by atoms with van der Waals surface area (Å²) in [6.45, 7) is -0.147. The highest BCUT2D eigenvalue weighted by atomic mass is 19.1. The van der Waals surface area contributed by atoms with E-state index in [-0.39, 0.29) is 19.0 Å². The van der Waals surface area contributed by atoms with Crippen LogP contribution in [0.2, 0.25) is 0 Å². The van der Waals surface area contributed by atoms with Gasteiger partial charge in [0.05, 0.1) is 12.1 Å². The Hall–Kier alpha value is -2.74. The van der Waals surface area contributed by atoms with E-state index in [4.69, 9.17) is 0 Å². The molecule has 132 valence electrons. The number of halogens is 1. The fourth-order valence-corrected chi connectivity index (χ4v) is 3.09. The molecule has 1 fully saturated rings. The highest BCUT2D eigenvalue weighted by Gasteiger charge is 2.35. The lowest BCUT2D eigenvalue weighted by Crippen LogP contribution is -2.41. The maximum absolute atomic E-state index is 13.5. The van der Waals surface area contributed by atoms with E-state index >= 15 is 0 Å². The lowest BCUT2D eigenvalue weighted by molar-refractivity contribution is -0.133. The summed E-state index contributed by atoms with van der Waals surface area (Å²) >= 11 is 0. The van der Waals surface area contributed by atoms with E-state index in [1.165, 1.54) is 36.3 Å². The molecule has 1 N–H and O–H groups in total. The quantitative estimate of drug-likeness (QED) is 0.848. The van der Waals surface area contributed by atoms with Crippen molar-refractivity contribution in [3.63, 3.8) is 0 Å². The molecule has 1 saturated heterocycles. The lowest BCUT2D eigenvalue weighted by Gasteiger charge is -2.25. The molecule has 0 aliphatic carbocycles. The van der Waals surface area contributed by atoms with Crippen molar-refractivity contribution >= 4 is 5.91 Å². The van der Waals surface area contributed by atoms with Crippen LogP contribution in [0.5, 0.6) is 0 Å². The summed E-state index contributed by atoms with van der Waals surface area (Å²) in [5, 5.41) is 9.95. The third kappa shape index (κ3) is 3.39. The van der Waals surface area contributed by atoms with Crippen LogP contribution in [0, 0.1) is 5.82 Å². The van der Waals surface area contributed by atoms with Crippen LogP contribution >= 0.6 is 0 Å². The molecular weight excluding hydrogens is 329 g/mol. The van der Waals surface area contributed by atoms with Crippen molar-refractivity contribution in [2.24, 2.45) is 7.05 Å². The van der Waals surface area contributed by atoms with Crippen LogP contribution in [0.4, 0.5) is 4.39 Å². The number of aromatic nitrogens is 2. The average Bonchev–Trinajstić information content (AvgIpc) is 2.97. The number of rotatable bonds is 3. The second kappa shape index (κ2) is 6.64.